The molecule has 0 saturated carbocycles. The molecule has 1 unspecified atom stereocenters. The van der Waals surface area contributed by atoms with E-state index in [1.54, 1.807) is 23.2 Å². The van der Waals surface area contributed by atoms with Gasteiger partial charge < -0.3 is 9.64 Å². The molecule has 2 aromatic carbocycles. The van der Waals surface area contributed by atoms with Gasteiger partial charge in [0.05, 0.1) is 22.9 Å². The third-order valence-corrected chi connectivity index (χ3v) is 6.04. The topological polar surface area (TPSA) is 42.4 Å². The lowest BCUT2D eigenvalue weighted by Crippen LogP contribution is -2.44. The Bertz CT molecular complexity index is 1020. The fourth-order valence-corrected chi connectivity index (χ4v) is 4.40. The number of amides is 1. The SMILES string of the molecule is CCCc1nc(-c2ccc3c(c2)N(Cc2ccccc2Cl)C(=O)C(C)O3)cs1. The normalized spacial score (nSPS) is 16.0. The fourth-order valence-electron chi connectivity index (χ4n) is 3.30. The first kappa shape index (κ1) is 19.0. The zero-order chi connectivity index (χ0) is 19.7. The number of nitrogens with zero attached hydrogens (tertiary/aromatic N) is 2. The summed E-state index contributed by atoms with van der Waals surface area (Å²) in [5.74, 6) is 0.626. The lowest BCUT2D eigenvalue weighted by atomic mass is 10.1. The van der Waals surface area contributed by atoms with Crippen molar-refractivity contribution in [2.45, 2.75) is 39.3 Å². The average Bonchev–Trinajstić information content (AvgIpc) is 3.15. The Balaban J connectivity index is 1.72. The Labute approximate surface area is 173 Å². The summed E-state index contributed by atoms with van der Waals surface area (Å²) < 4.78 is 5.83. The van der Waals surface area contributed by atoms with E-state index in [0.717, 1.165) is 40.4 Å². The summed E-state index contributed by atoms with van der Waals surface area (Å²) >= 11 is 8.01. The molecule has 1 aliphatic rings. The lowest BCUT2D eigenvalue weighted by Gasteiger charge is -2.33. The van der Waals surface area contributed by atoms with Crippen molar-refractivity contribution in [2.24, 2.45) is 0 Å². The van der Waals surface area contributed by atoms with Crippen LogP contribution in [0.3, 0.4) is 0 Å². The van der Waals surface area contributed by atoms with E-state index >= 15 is 0 Å². The van der Waals surface area contributed by atoms with Crippen molar-refractivity contribution >= 4 is 34.5 Å². The molecule has 4 nitrogen and oxygen atoms in total. The van der Waals surface area contributed by atoms with Crippen LogP contribution in [-0.2, 0) is 17.8 Å². The van der Waals surface area contributed by atoms with E-state index in [4.69, 9.17) is 21.3 Å². The van der Waals surface area contributed by atoms with Gasteiger partial charge in [-0.3, -0.25) is 4.79 Å². The number of thiazole rings is 1. The molecule has 0 fully saturated rings. The van der Waals surface area contributed by atoms with Crippen LogP contribution >= 0.6 is 22.9 Å². The second-order valence-corrected chi connectivity index (χ2v) is 8.18. The number of anilines is 1. The summed E-state index contributed by atoms with van der Waals surface area (Å²) in [4.78, 5) is 19.4. The van der Waals surface area contributed by atoms with Crippen LogP contribution in [0.25, 0.3) is 11.3 Å². The first-order chi connectivity index (χ1) is 13.6. The fraction of sp³-hybridized carbons (Fsp3) is 0.273. The molecular formula is C22H21ClN2O2S. The quantitative estimate of drug-likeness (QED) is 0.537. The number of carbonyl (C=O) groups is 1. The number of benzene rings is 2. The molecule has 1 atom stereocenters. The highest BCUT2D eigenvalue weighted by Gasteiger charge is 2.32. The van der Waals surface area contributed by atoms with Crippen LogP contribution in [-0.4, -0.2) is 17.0 Å². The van der Waals surface area contributed by atoms with Gasteiger partial charge in [-0.25, -0.2) is 4.98 Å². The number of carbonyl (C=O) groups excluding carboxylic acids is 1. The van der Waals surface area contributed by atoms with Gasteiger partial charge in [-0.05, 0) is 49.6 Å². The van der Waals surface area contributed by atoms with E-state index in [1.165, 1.54) is 0 Å². The average molecular weight is 413 g/mol. The van der Waals surface area contributed by atoms with Crippen LogP contribution < -0.4 is 9.64 Å². The minimum atomic E-state index is -0.531. The Morgan fingerprint density at radius 1 is 1.25 bits per heavy atom. The van der Waals surface area contributed by atoms with Crippen molar-refractivity contribution in [1.82, 2.24) is 4.98 Å². The van der Waals surface area contributed by atoms with Crippen LogP contribution in [0.2, 0.25) is 5.02 Å². The summed E-state index contributed by atoms with van der Waals surface area (Å²) in [6, 6.07) is 13.5. The number of aromatic nitrogens is 1. The number of halogens is 1. The van der Waals surface area contributed by atoms with Crippen LogP contribution in [0.5, 0.6) is 5.75 Å². The standard InChI is InChI=1S/C22H21ClN2O2S/c1-3-6-21-24-18(13-28-21)15-9-10-20-19(11-15)25(22(26)14(2)27-20)12-16-7-4-5-8-17(16)23/h4-5,7-11,13-14H,3,6,12H2,1-2H3. The van der Waals surface area contributed by atoms with E-state index in [0.29, 0.717) is 17.3 Å². The van der Waals surface area contributed by atoms with E-state index in [-0.39, 0.29) is 5.91 Å². The van der Waals surface area contributed by atoms with Crippen LogP contribution in [0, 0.1) is 0 Å². The summed E-state index contributed by atoms with van der Waals surface area (Å²) in [6.45, 7) is 4.33. The van der Waals surface area contributed by atoms with Gasteiger partial charge in [-0.1, -0.05) is 36.7 Å². The molecule has 28 heavy (non-hydrogen) atoms. The van der Waals surface area contributed by atoms with Gasteiger partial charge in [-0.2, -0.15) is 0 Å². The molecule has 6 heteroatoms. The van der Waals surface area contributed by atoms with Gasteiger partial charge in [0.1, 0.15) is 5.75 Å². The Hall–Kier alpha value is -2.37. The van der Waals surface area contributed by atoms with Crippen molar-refractivity contribution in [3.05, 3.63) is 63.4 Å². The van der Waals surface area contributed by atoms with Crippen LogP contribution in [0.4, 0.5) is 5.69 Å². The Morgan fingerprint density at radius 3 is 2.86 bits per heavy atom. The maximum absolute atomic E-state index is 12.9. The molecule has 1 amide bonds. The predicted octanol–water partition coefficient (Wildman–Crippen LogP) is 5.73. The molecule has 0 saturated heterocycles. The molecule has 0 aliphatic carbocycles. The van der Waals surface area contributed by atoms with Crippen molar-refractivity contribution in [1.29, 1.82) is 0 Å². The number of hydrogen-bond acceptors (Lipinski definition) is 4. The summed E-state index contributed by atoms with van der Waals surface area (Å²) in [5.41, 5.74) is 3.57. The first-order valence-electron chi connectivity index (χ1n) is 9.37. The van der Waals surface area contributed by atoms with Gasteiger partial charge in [0.25, 0.3) is 5.91 Å². The molecule has 3 aromatic rings. The highest BCUT2D eigenvalue weighted by Crippen LogP contribution is 2.39. The molecule has 1 aromatic heterocycles. The summed E-state index contributed by atoms with van der Waals surface area (Å²) in [7, 11) is 0. The minimum Gasteiger partial charge on any atom is -0.479 e. The monoisotopic (exact) mass is 412 g/mol. The number of rotatable bonds is 5. The van der Waals surface area contributed by atoms with Gasteiger partial charge in [0.2, 0.25) is 0 Å². The predicted molar refractivity (Wildman–Crippen MR) is 114 cm³/mol. The van der Waals surface area contributed by atoms with E-state index in [2.05, 4.69) is 12.3 Å². The third-order valence-electron chi connectivity index (χ3n) is 4.76. The van der Waals surface area contributed by atoms with Crippen molar-refractivity contribution in [3.63, 3.8) is 0 Å². The number of aryl methyl sites for hydroxylation is 1. The zero-order valence-corrected chi connectivity index (χ0v) is 17.4. The van der Waals surface area contributed by atoms with E-state index in [9.17, 15) is 4.79 Å². The molecule has 2 heterocycles. The summed E-state index contributed by atoms with van der Waals surface area (Å²) in [5, 5.41) is 3.85. The van der Waals surface area contributed by atoms with Crippen LogP contribution in [0.1, 0.15) is 30.8 Å². The molecule has 0 bridgehead atoms. The molecule has 4 rings (SSSR count). The van der Waals surface area contributed by atoms with Crippen molar-refractivity contribution < 1.29 is 9.53 Å². The number of fused-ring (bicyclic) bond motifs is 1. The molecular weight excluding hydrogens is 392 g/mol. The smallest absolute Gasteiger partial charge is 0.268 e. The van der Waals surface area contributed by atoms with E-state index in [1.807, 2.05) is 42.5 Å². The second-order valence-electron chi connectivity index (χ2n) is 6.83. The largest absolute Gasteiger partial charge is 0.479 e. The highest BCUT2D eigenvalue weighted by molar-refractivity contribution is 7.09. The molecule has 0 radical (unpaired) electrons. The molecule has 1 aliphatic heterocycles. The van der Waals surface area contributed by atoms with E-state index < -0.39 is 6.10 Å². The third kappa shape index (κ3) is 3.64. The van der Waals surface area contributed by atoms with Gasteiger partial charge >= 0.3 is 0 Å². The van der Waals surface area contributed by atoms with Crippen molar-refractivity contribution in [2.75, 3.05) is 4.90 Å². The first-order valence-corrected chi connectivity index (χ1v) is 10.6. The van der Waals surface area contributed by atoms with Gasteiger partial charge in [-0.15, -0.1) is 11.3 Å². The maximum atomic E-state index is 12.9. The van der Waals surface area contributed by atoms with Gasteiger partial charge in [0, 0.05) is 16.0 Å². The highest BCUT2D eigenvalue weighted by atomic mass is 35.5. The Morgan fingerprint density at radius 2 is 2.07 bits per heavy atom. The molecule has 0 N–H and O–H groups in total. The molecule has 144 valence electrons. The summed E-state index contributed by atoms with van der Waals surface area (Å²) in [6.07, 6.45) is 1.52. The van der Waals surface area contributed by atoms with Crippen LogP contribution in [0.15, 0.2) is 47.8 Å². The maximum Gasteiger partial charge on any atom is 0.268 e. The Kier molecular flexibility index (Phi) is 5.38. The second kappa shape index (κ2) is 7.94. The molecule has 0 spiro atoms. The zero-order valence-electron chi connectivity index (χ0n) is 15.8. The van der Waals surface area contributed by atoms with Crippen molar-refractivity contribution in [3.8, 4) is 17.0 Å². The van der Waals surface area contributed by atoms with Gasteiger partial charge in [0.15, 0.2) is 6.10 Å². The number of ether oxygens (including phenoxy) is 1. The lowest BCUT2D eigenvalue weighted by molar-refractivity contribution is -0.125. The minimum absolute atomic E-state index is 0.0745. The number of hydrogen-bond donors (Lipinski definition) is 0.